The van der Waals surface area contributed by atoms with Gasteiger partial charge in [0.25, 0.3) is 0 Å². The third-order valence-electron chi connectivity index (χ3n) is 4.35. The maximum Gasteiger partial charge on any atom is 0.342 e. The summed E-state index contributed by atoms with van der Waals surface area (Å²) >= 11 is 12.2. The van der Waals surface area contributed by atoms with Gasteiger partial charge in [-0.15, -0.1) is 0 Å². The standard InChI is InChI=1S/C23H18Cl2O3/c1-14-6-10-16(11-7-14)21(26)22(17-12-8-15(2)9-13-17)28-23(27)20-18(24)4-3-5-19(20)25/h3-13,22H,1-2H3/t22-/m0/s1. The molecule has 0 saturated carbocycles. The number of Topliss-reactive ketones (excluding diaryl/α,β-unsaturated/α-hetero) is 1. The first-order chi connectivity index (χ1) is 13.4. The summed E-state index contributed by atoms with van der Waals surface area (Å²) in [5, 5.41) is 0.339. The summed E-state index contributed by atoms with van der Waals surface area (Å²) in [6.07, 6.45) is -1.11. The highest BCUT2D eigenvalue weighted by Crippen LogP contribution is 2.29. The highest BCUT2D eigenvalue weighted by Gasteiger charge is 2.28. The number of carbonyl (C=O) groups excluding carboxylic acids is 2. The van der Waals surface area contributed by atoms with Gasteiger partial charge in [-0.2, -0.15) is 0 Å². The van der Waals surface area contributed by atoms with Crippen LogP contribution in [0.5, 0.6) is 0 Å². The number of halogens is 2. The molecule has 0 spiro atoms. The average molecular weight is 413 g/mol. The molecule has 0 heterocycles. The Morgan fingerprint density at radius 2 is 1.29 bits per heavy atom. The van der Waals surface area contributed by atoms with E-state index in [0.717, 1.165) is 11.1 Å². The van der Waals surface area contributed by atoms with Gasteiger partial charge >= 0.3 is 5.97 Å². The van der Waals surface area contributed by atoms with Gasteiger partial charge in [-0.3, -0.25) is 4.79 Å². The molecule has 3 rings (SSSR count). The van der Waals surface area contributed by atoms with Gasteiger partial charge in [0.05, 0.1) is 15.6 Å². The summed E-state index contributed by atoms with van der Waals surface area (Å²) < 4.78 is 5.61. The van der Waals surface area contributed by atoms with Gasteiger partial charge < -0.3 is 4.74 Å². The van der Waals surface area contributed by atoms with Gasteiger partial charge in [-0.25, -0.2) is 4.79 Å². The molecule has 0 aliphatic carbocycles. The van der Waals surface area contributed by atoms with E-state index in [9.17, 15) is 9.59 Å². The van der Waals surface area contributed by atoms with Crippen molar-refractivity contribution in [3.05, 3.63) is 105 Å². The third kappa shape index (κ3) is 4.44. The molecule has 0 N–H and O–H groups in total. The number of aryl methyl sites for hydroxylation is 2. The third-order valence-corrected chi connectivity index (χ3v) is 4.98. The van der Waals surface area contributed by atoms with E-state index in [1.54, 1.807) is 42.5 Å². The van der Waals surface area contributed by atoms with E-state index in [0.29, 0.717) is 11.1 Å². The summed E-state index contributed by atoms with van der Waals surface area (Å²) in [5.41, 5.74) is 3.13. The zero-order valence-electron chi connectivity index (χ0n) is 15.4. The van der Waals surface area contributed by atoms with Gasteiger partial charge in [0.15, 0.2) is 6.10 Å². The summed E-state index contributed by atoms with van der Waals surface area (Å²) in [4.78, 5) is 25.9. The first-order valence-corrected chi connectivity index (χ1v) is 9.45. The quantitative estimate of drug-likeness (QED) is 0.360. The smallest absolute Gasteiger partial charge is 0.342 e. The van der Waals surface area contributed by atoms with E-state index in [1.807, 2.05) is 38.1 Å². The second-order valence-corrected chi connectivity index (χ2v) is 7.34. The minimum Gasteiger partial charge on any atom is -0.445 e. The molecular formula is C23H18Cl2O3. The van der Waals surface area contributed by atoms with Crippen LogP contribution in [0.2, 0.25) is 10.0 Å². The summed E-state index contributed by atoms with van der Waals surface area (Å²) in [6, 6.07) is 19.1. The van der Waals surface area contributed by atoms with Crippen molar-refractivity contribution < 1.29 is 14.3 Å². The van der Waals surface area contributed by atoms with E-state index in [4.69, 9.17) is 27.9 Å². The van der Waals surface area contributed by atoms with Crippen LogP contribution in [-0.2, 0) is 4.74 Å². The molecule has 0 aliphatic heterocycles. The van der Waals surface area contributed by atoms with Crippen LogP contribution in [0.25, 0.3) is 0 Å². The van der Waals surface area contributed by atoms with E-state index in [1.165, 1.54) is 0 Å². The molecule has 28 heavy (non-hydrogen) atoms. The van der Waals surface area contributed by atoms with Crippen LogP contribution >= 0.6 is 23.2 Å². The van der Waals surface area contributed by atoms with Crippen LogP contribution in [0.1, 0.15) is 43.5 Å². The Balaban J connectivity index is 1.99. The summed E-state index contributed by atoms with van der Waals surface area (Å²) in [6.45, 7) is 3.88. The van der Waals surface area contributed by atoms with E-state index < -0.39 is 12.1 Å². The van der Waals surface area contributed by atoms with Crippen LogP contribution in [0.15, 0.2) is 66.7 Å². The minimum absolute atomic E-state index is 0.0413. The zero-order chi connectivity index (χ0) is 20.3. The number of hydrogen-bond acceptors (Lipinski definition) is 3. The van der Waals surface area contributed by atoms with Crippen molar-refractivity contribution in [3.63, 3.8) is 0 Å². The van der Waals surface area contributed by atoms with Crippen molar-refractivity contribution >= 4 is 35.0 Å². The summed E-state index contributed by atoms with van der Waals surface area (Å²) in [7, 11) is 0. The monoisotopic (exact) mass is 412 g/mol. The van der Waals surface area contributed by atoms with E-state index >= 15 is 0 Å². The van der Waals surface area contributed by atoms with Crippen molar-refractivity contribution in [1.29, 1.82) is 0 Å². The maximum atomic E-state index is 13.1. The molecular weight excluding hydrogens is 395 g/mol. The minimum atomic E-state index is -1.11. The number of rotatable bonds is 5. The molecule has 5 heteroatoms. The van der Waals surface area contributed by atoms with Crippen molar-refractivity contribution in [3.8, 4) is 0 Å². The fourth-order valence-electron chi connectivity index (χ4n) is 2.74. The molecule has 0 radical (unpaired) electrons. The van der Waals surface area contributed by atoms with Gasteiger partial charge in [-0.05, 0) is 26.0 Å². The predicted molar refractivity (Wildman–Crippen MR) is 111 cm³/mol. The second kappa shape index (κ2) is 8.59. The number of ketones is 1. The highest BCUT2D eigenvalue weighted by atomic mass is 35.5. The average Bonchev–Trinajstić information content (AvgIpc) is 2.67. The Morgan fingerprint density at radius 1 is 0.786 bits per heavy atom. The fourth-order valence-corrected chi connectivity index (χ4v) is 3.29. The lowest BCUT2D eigenvalue weighted by atomic mass is 9.98. The first kappa shape index (κ1) is 20.1. The van der Waals surface area contributed by atoms with Gasteiger partial charge in [0.2, 0.25) is 5.78 Å². The van der Waals surface area contributed by atoms with Crippen molar-refractivity contribution in [2.45, 2.75) is 20.0 Å². The normalized spacial score (nSPS) is 11.7. The molecule has 1 atom stereocenters. The van der Waals surface area contributed by atoms with E-state index in [2.05, 4.69) is 0 Å². The molecule has 0 amide bonds. The zero-order valence-corrected chi connectivity index (χ0v) is 16.9. The number of benzene rings is 3. The number of hydrogen-bond donors (Lipinski definition) is 0. The molecule has 3 aromatic carbocycles. The Kier molecular flexibility index (Phi) is 6.18. The van der Waals surface area contributed by atoms with Crippen LogP contribution in [-0.4, -0.2) is 11.8 Å². The molecule has 0 aromatic heterocycles. The van der Waals surface area contributed by atoms with Gasteiger partial charge in [-0.1, -0.05) is 88.9 Å². The molecule has 142 valence electrons. The highest BCUT2D eigenvalue weighted by molar-refractivity contribution is 6.39. The second-order valence-electron chi connectivity index (χ2n) is 6.52. The first-order valence-electron chi connectivity index (χ1n) is 8.69. The molecule has 0 aliphatic rings. The fraction of sp³-hybridized carbons (Fsp3) is 0.130. The Labute approximate surface area is 173 Å². The van der Waals surface area contributed by atoms with Crippen LogP contribution in [0.4, 0.5) is 0 Å². The number of ether oxygens (including phenoxy) is 1. The lowest BCUT2D eigenvalue weighted by molar-refractivity contribution is 0.0280. The SMILES string of the molecule is Cc1ccc(C(=O)[C@@H](OC(=O)c2c(Cl)cccc2Cl)c2ccc(C)cc2)cc1. The molecule has 0 fully saturated rings. The molecule has 0 bridgehead atoms. The largest absolute Gasteiger partial charge is 0.445 e. The summed E-state index contributed by atoms with van der Waals surface area (Å²) in [5.74, 6) is -1.07. The van der Waals surface area contributed by atoms with Crippen molar-refractivity contribution in [1.82, 2.24) is 0 Å². The van der Waals surface area contributed by atoms with Crippen molar-refractivity contribution in [2.24, 2.45) is 0 Å². The maximum absolute atomic E-state index is 13.1. The van der Waals surface area contributed by atoms with Crippen LogP contribution in [0.3, 0.4) is 0 Å². The molecule has 3 nitrogen and oxygen atoms in total. The van der Waals surface area contributed by atoms with Crippen molar-refractivity contribution in [2.75, 3.05) is 0 Å². The van der Waals surface area contributed by atoms with Crippen LogP contribution in [0, 0.1) is 13.8 Å². The Hall–Kier alpha value is -2.62. The van der Waals surface area contributed by atoms with Crippen LogP contribution < -0.4 is 0 Å². The number of esters is 1. The molecule has 3 aromatic rings. The lowest BCUT2D eigenvalue weighted by Gasteiger charge is -2.18. The molecule has 0 saturated heterocycles. The Morgan fingerprint density at radius 3 is 1.82 bits per heavy atom. The van der Waals surface area contributed by atoms with Gasteiger partial charge in [0.1, 0.15) is 0 Å². The molecule has 0 unspecified atom stereocenters. The van der Waals surface area contributed by atoms with E-state index in [-0.39, 0.29) is 21.4 Å². The number of carbonyl (C=O) groups is 2. The topological polar surface area (TPSA) is 43.4 Å². The predicted octanol–water partition coefficient (Wildman–Crippen LogP) is 6.39. The lowest BCUT2D eigenvalue weighted by Crippen LogP contribution is -2.21. The Bertz CT molecular complexity index is 989. The van der Waals surface area contributed by atoms with Gasteiger partial charge in [0, 0.05) is 11.1 Å².